The molecule has 0 spiro atoms. The first kappa shape index (κ1) is 27.9. The summed E-state index contributed by atoms with van der Waals surface area (Å²) >= 11 is 2.91. The van der Waals surface area contributed by atoms with Gasteiger partial charge in [0.15, 0.2) is 5.78 Å². The van der Waals surface area contributed by atoms with Gasteiger partial charge in [-0.05, 0) is 65.8 Å². The van der Waals surface area contributed by atoms with Crippen molar-refractivity contribution < 1.29 is 23.5 Å². The van der Waals surface area contributed by atoms with E-state index in [-0.39, 0.29) is 47.1 Å². The summed E-state index contributed by atoms with van der Waals surface area (Å²) in [6.07, 6.45) is 2.27. The first-order chi connectivity index (χ1) is 18.1. The van der Waals surface area contributed by atoms with Crippen molar-refractivity contribution in [1.29, 1.82) is 0 Å². The lowest BCUT2D eigenvalue weighted by Gasteiger charge is -2.47. The molecule has 0 N–H and O–H groups in total. The minimum atomic E-state index is -0.483. The molecule has 3 aromatic rings. The van der Waals surface area contributed by atoms with Crippen molar-refractivity contribution in [2.24, 2.45) is 5.41 Å². The molecular formula is C30H30FNO4S2. The number of carbonyl (C=O) groups is 3. The fourth-order valence-electron chi connectivity index (χ4n) is 4.20. The van der Waals surface area contributed by atoms with Crippen LogP contribution in [-0.4, -0.2) is 34.9 Å². The van der Waals surface area contributed by atoms with E-state index in [9.17, 15) is 18.8 Å². The molecule has 1 aliphatic rings. The standard InChI is InChI=1S/C30H30FNO4S2/c1-30(2,3)17-26(34)36-23-13-5-20(6-14-23)27-28(29(35)32(27)22-11-9-21(31)10-12-22)38-18-25(33)19-7-15-24(37-4)16-8-19/h5-16,27-28H,17-18H2,1-4H3. The molecule has 0 aliphatic carbocycles. The summed E-state index contributed by atoms with van der Waals surface area (Å²) < 4.78 is 19.0. The molecule has 1 fully saturated rings. The van der Waals surface area contributed by atoms with Gasteiger partial charge >= 0.3 is 5.97 Å². The number of amides is 1. The van der Waals surface area contributed by atoms with Gasteiger partial charge in [0.25, 0.3) is 0 Å². The number of carbonyl (C=O) groups excluding carboxylic acids is 3. The van der Waals surface area contributed by atoms with Crippen LogP contribution in [0.25, 0.3) is 0 Å². The number of esters is 1. The van der Waals surface area contributed by atoms with Gasteiger partial charge in [0.1, 0.15) is 16.8 Å². The third-order valence-corrected chi connectivity index (χ3v) is 8.08. The van der Waals surface area contributed by atoms with E-state index < -0.39 is 5.25 Å². The summed E-state index contributed by atoms with van der Waals surface area (Å²) in [5.74, 6) is -0.299. The van der Waals surface area contributed by atoms with Gasteiger partial charge in [-0.1, -0.05) is 45.0 Å². The Morgan fingerprint density at radius 2 is 1.58 bits per heavy atom. The van der Waals surface area contributed by atoms with Crippen LogP contribution in [0.3, 0.4) is 0 Å². The van der Waals surface area contributed by atoms with Crippen LogP contribution in [0.2, 0.25) is 0 Å². The van der Waals surface area contributed by atoms with E-state index in [4.69, 9.17) is 4.74 Å². The maximum atomic E-state index is 13.5. The van der Waals surface area contributed by atoms with E-state index in [0.717, 1.165) is 10.5 Å². The maximum Gasteiger partial charge on any atom is 0.311 e. The average molecular weight is 552 g/mol. The quantitative estimate of drug-likeness (QED) is 0.0942. The molecule has 1 amide bonds. The average Bonchev–Trinajstić information content (AvgIpc) is 2.88. The number of β-lactam (4-membered cyclic amide) rings is 1. The van der Waals surface area contributed by atoms with Gasteiger partial charge in [0.2, 0.25) is 5.91 Å². The van der Waals surface area contributed by atoms with Crippen LogP contribution in [0.4, 0.5) is 10.1 Å². The van der Waals surface area contributed by atoms with Gasteiger partial charge in [-0.25, -0.2) is 4.39 Å². The van der Waals surface area contributed by atoms with Crippen LogP contribution in [0.15, 0.2) is 77.7 Å². The summed E-state index contributed by atoms with van der Waals surface area (Å²) in [6, 6.07) is 19.9. The van der Waals surface area contributed by atoms with Crippen molar-refractivity contribution in [1.82, 2.24) is 0 Å². The molecule has 198 valence electrons. The number of ketones is 1. The summed E-state index contributed by atoms with van der Waals surface area (Å²) in [4.78, 5) is 41.0. The monoisotopic (exact) mass is 551 g/mol. The number of anilines is 1. The van der Waals surface area contributed by atoms with Gasteiger partial charge in [-0.3, -0.25) is 14.4 Å². The van der Waals surface area contributed by atoms with Crippen LogP contribution in [0.1, 0.15) is 49.2 Å². The molecule has 38 heavy (non-hydrogen) atoms. The highest BCUT2D eigenvalue weighted by Gasteiger charge is 2.49. The minimum Gasteiger partial charge on any atom is -0.427 e. The molecule has 5 nitrogen and oxygen atoms in total. The molecule has 0 radical (unpaired) electrons. The smallest absolute Gasteiger partial charge is 0.311 e. The van der Waals surface area contributed by atoms with E-state index in [1.807, 2.05) is 51.3 Å². The molecule has 3 aromatic carbocycles. The third kappa shape index (κ3) is 6.66. The zero-order valence-corrected chi connectivity index (χ0v) is 23.4. The lowest BCUT2D eigenvalue weighted by molar-refractivity contribution is -0.136. The summed E-state index contributed by atoms with van der Waals surface area (Å²) in [5, 5.41) is -0.483. The van der Waals surface area contributed by atoms with E-state index in [0.29, 0.717) is 17.0 Å². The van der Waals surface area contributed by atoms with Crippen molar-refractivity contribution in [2.75, 3.05) is 16.9 Å². The highest BCUT2D eigenvalue weighted by molar-refractivity contribution is 8.01. The molecule has 1 saturated heterocycles. The van der Waals surface area contributed by atoms with Gasteiger partial charge in [-0.2, -0.15) is 0 Å². The third-order valence-electron chi connectivity index (χ3n) is 6.08. The Kier molecular flexibility index (Phi) is 8.63. The number of rotatable bonds is 9. The molecule has 0 bridgehead atoms. The molecule has 0 saturated carbocycles. The molecule has 4 rings (SSSR count). The number of ether oxygens (including phenoxy) is 1. The lowest BCUT2D eigenvalue weighted by atomic mass is 9.92. The zero-order valence-electron chi connectivity index (χ0n) is 21.8. The van der Waals surface area contributed by atoms with Gasteiger partial charge in [0.05, 0.1) is 18.2 Å². The molecule has 0 aromatic heterocycles. The first-order valence-corrected chi connectivity index (χ1v) is 14.5. The largest absolute Gasteiger partial charge is 0.427 e. The van der Waals surface area contributed by atoms with Crippen LogP contribution in [-0.2, 0) is 9.59 Å². The number of thioether (sulfide) groups is 2. The zero-order chi connectivity index (χ0) is 27.4. The number of halogens is 1. The fraction of sp³-hybridized carbons (Fsp3) is 0.300. The highest BCUT2D eigenvalue weighted by Crippen LogP contribution is 2.45. The van der Waals surface area contributed by atoms with Crippen LogP contribution in [0, 0.1) is 11.2 Å². The number of hydrogen-bond acceptors (Lipinski definition) is 6. The second-order valence-corrected chi connectivity index (χ2v) is 12.3. The highest BCUT2D eigenvalue weighted by atomic mass is 32.2. The number of hydrogen-bond donors (Lipinski definition) is 0. The molecule has 8 heteroatoms. The SMILES string of the molecule is CSc1ccc(C(=O)CSC2C(=O)N(c3ccc(F)cc3)C2c2ccc(OC(=O)CC(C)(C)C)cc2)cc1. The van der Waals surface area contributed by atoms with Crippen molar-refractivity contribution in [3.8, 4) is 5.75 Å². The molecule has 1 heterocycles. The van der Waals surface area contributed by atoms with Gasteiger partial charge < -0.3 is 9.64 Å². The molecule has 2 unspecified atom stereocenters. The Hall–Kier alpha value is -3.10. The molecule has 2 atom stereocenters. The maximum absolute atomic E-state index is 13.5. The summed E-state index contributed by atoms with van der Waals surface area (Å²) in [7, 11) is 0. The molecule has 1 aliphatic heterocycles. The van der Waals surface area contributed by atoms with Crippen molar-refractivity contribution >= 4 is 46.9 Å². The number of Topliss-reactive ketones (excluding diaryl/α,β-unsaturated/α-hetero) is 1. The summed E-state index contributed by atoms with van der Waals surface area (Å²) in [5.41, 5.74) is 1.84. The number of benzene rings is 3. The normalized spacial score (nSPS) is 17.2. The molecular weight excluding hydrogens is 521 g/mol. The lowest BCUT2D eigenvalue weighted by Crippen LogP contribution is -2.57. The topological polar surface area (TPSA) is 63.7 Å². The predicted molar refractivity (Wildman–Crippen MR) is 152 cm³/mol. The fourth-order valence-corrected chi connectivity index (χ4v) is 5.82. The predicted octanol–water partition coefficient (Wildman–Crippen LogP) is 6.96. The Morgan fingerprint density at radius 3 is 2.16 bits per heavy atom. The van der Waals surface area contributed by atoms with Gasteiger partial charge in [-0.15, -0.1) is 23.5 Å². The second kappa shape index (κ2) is 11.7. The Balaban J connectivity index is 1.52. The Labute approximate surface area is 231 Å². The van der Waals surface area contributed by atoms with E-state index >= 15 is 0 Å². The van der Waals surface area contributed by atoms with Crippen molar-refractivity contribution in [3.05, 3.63) is 89.7 Å². The Morgan fingerprint density at radius 1 is 0.947 bits per heavy atom. The minimum absolute atomic E-state index is 0.0458. The number of nitrogens with zero attached hydrogens (tertiary/aromatic N) is 1. The van der Waals surface area contributed by atoms with Gasteiger partial charge in [0, 0.05) is 16.1 Å². The second-order valence-electron chi connectivity index (χ2n) is 10.3. The van der Waals surface area contributed by atoms with Crippen LogP contribution >= 0.6 is 23.5 Å². The van der Waals surface area contributed by atoms with Crippen LogP contribution < -0.4 is 9.64 Å². The first-order valence-electron chi connectivity index (χ1n) is 12.2. The summed E-state index contributed by atoms with van der Waals surface area (Å²) in [6.45, 7) is 5.91. The van der Waals surface area contributed by atoms with E-state index in [2.05, 4.69) is 0 Å². The van der Waals surface area contributed by atoms with Crippen molar-refractivity contribution in [3.63, 3.8) is 0 Å². The van der Waals surface area contributed by atoms with E-state index in [1.165, 1.54) is 23.9 Å². The van der Waals surface area contributed by atoms with E-state index in [1.54, 1.807) is 53.1 Å². The van der Waals surface area contributed by atoms with Crippen molar-refractivity contribution in [2.45, 2.75) is 43.4 Å². The van der Waals surface area contributed by atoms with Crippen LogP contribution in [0.5, 0.6) is 5.75 Å². The Bertz CT molecular complexity index is 1300.